The smallest absolute Gasteiger partial charge is 0.251 e. The number of amides is 1. The Bertz CT molecular complexity index is 717. The minimum Gasteiger partial charge on any atom is -0.493 e. The number of carbonyl (C=O) groups is 1. The maximum atomic E-state index is 12.4. The molecule has 3 N–H and O–H groups in total. The average molecular weight is 365 g/mol. The van der Waals surface area contributed by atoms with Crippen LogP contribution >= 0.6 is 12.4 Å². The van der Waals surface area contributed by atoms with Gasteiger partial charge in [-0.05, 0) is 54.8 Å². The van der Waals surface area contributed by atoms with Crippen LogP contribution in [0.4, 0.5) is 0 Å². The molecule has 0 radical (unpaired) electrons. The fourth-order valence-electron chi connectivity index (χ4n) is 2.61. The number of nitrogens with two attached hydrogens (primary N) is 1. The fourth-order valence-corrected chi connectivity index (χ4v) is 2.61. The molecule has 0 aliphatic heterocycles. The van der Waals surface area contributed by atoms with Gasteiger partial charge >= 0.3 is 0 Å². The summed E-state index contributed by atoms with van der Waals surface area (Å²) in [5.74, 6) is 1.20. The number of ether oxygens (including phenoxy) is 2. The van der Waals surface area contributed by atoms with E-state index >= 15 is 0 Å². The van der Waals surface area contributed by atoms with Crippen molar-refractivity contribution < 1.29 is 14.3 Å². The number of halogens is 1. The zero-order valence-electron chi connectivity index (χ0n) is 15.0. The summed E-state index contributed by atoms with van der Waals surface area (Å²) in [5.41, 5.74) is 9.19. The summed E-state index contributed by atoms with van der Waals surface area (Å²) < 4.78 is 10.6. The van der Waals surface area contributed by atoms with Gasteiger partial charge in [-0.25, -0.2) is 0 Å². The van der Waals surface area contributed by atoms with Crippen LogP contribution in [0, 0.1) is 6.92 Å². The summed E-state index contributed by atoms with van der Waals surface area (Å²) >= 11 is 0. The quantitative estimate of drug-likeness (QED) is 0.824. The number of rotatable bonds is 6. The van der Waals surface area contributed by atoms with Crippen LogP contribution in [-0.2, 0) is 6.54 Å². The molecular formula is C19H25ClN2O3. The van der Waals surface area contributed by atoms with Gasteiger partial charge in [-0.15, -0.1) is 12.4 Å². The molecule has 0 aliphatic rings. The topological polar surface area (TPSA) is 73.6 Å². The lowest BCUT2D eigenvalue weighted by molar-refractivity contribution is 0.0939. The Morgan fingerprint density at radius 2 is 1.68 bits per heavy atom. The van der Waals surface area contributed by atoms with Crippen LogP contribution < -0.4 is 20.5 Å². The Balaban J connectivity index is 0.00000312. The Morgan fingerprint density at radius 3 is 2.20 bits per heavy atom. The molecule has 25 heavy (non-hydrogen) atoms. The van der Waals surface area contributed by atoms with Crippen molar-refractivity contribution in [3.05, 3.63) is 58.7 Å². The molecule has 1 atom stereocenters. The number of hydrogen-bond donors (Lipinski definition) is 2. The summed E-state index contributed by atoms with van der Waals surface area (Å²) in [4.78, 5) is 12.4. The zero-order chi connectivity index (χ0) is 17.7. The molecule has 0 bridgehead atoms. The van der Waals surface area contributed by atoms with E-state index < -0.39 is 0 Å². The van der Waals surface area contributed by atoms with Gasteiger partial charge in [-0.3, -0.25) is 4.79 Å². The van der Waals surface area contributed by atoms with Gasteiger partial charge < -0.3 is 20.5 Å². The molecule has 0 saturated heterocycles. The van der Waals surface area contributed by atoms with Crippen molar-refractivity contribution in [2.75, 3.05) is 14.2 Å². The maximum absolute atomic E-state index is 12.4. The lowest BCUT2D eigenvalue weighted by atomic mass is 10.0. The second kappa shape index (κ2) is 9.30. The van der Waals surface area contributed by atoms with Crippen LogP contribution in [0.5, 0.6) is 11.5 Å². The number of methoxy groups -OCH3 is 2. The van der Waals surface area contributed by atoms with Gasteiger partial charge in [0, 0.05) is 12.1 Å². The first-order valence-electron chi connectivity index (χ1n) is 7.82. The van der Waals surface area contributed by atoms with Crippen molar-refractivity contribution in [3.63, 3.8) is 0 Å². The molecule has 6 heteroatoms. The van der Waals surface area contributed by atoms with E-state index in [1.807, 2.05) is 38.1 Å². The highest BCUT2D eigenvalue weighted by Crippen LogP contribution is 2.32. The summed E-state index contributed by atoms with van der Waals surface area (Å²) in [6.45, 7) is 4.39. The molecular weight excluding hydrogens is 340 g/mol. The van der Waals surface area contributed by atoms with Crippen molar-refractivity contribution in [1.29, 1.82) is 0 Å². The van der Waals surface area contributed by atoms with Crippen molar-refractivity contribution in [3.8, 4) is 11.5 Å². The molecule has 2 aromatic rings. The molecule has 0 heterocycles. The molecule has 1 unspecified atom stereocenters. The van der Waals surface area contributed by atoms with Gasteiger partial charge in [0.05, 0.1) is 20.3 Å². The van der Waals surface area contributed by atoms with Gasteiger partial charge in [0.1, 0.15) is 0 Å². The van der Waals surface area contributed by atoms with Gasteiger partial charge in [0.15, 0.2) is 11.5 Å². The molecule has 136 valence electrons. The van der Waals surface area contributed by atoms with Gasteiger partial charge in [0.2, 0.25) is 0 Å². The highest BCUT2D eigenvalue weighted by molar-refractivity contribution is 5.94. The van der Waals surface area contributed by atoms with E-state index in [1.54, 1.807) is 26.4 Å². The summed E-state index contributed by atoms with van der Waals surface area (Å²) in [7, 11) is 3.20. The Morgan fingerprint density at radius 1 is 1.12 bits per heavy atom. The molecule has 0 saturated carbocycles. The van der Waals surface area contributed by atoms with Crippen LogP contribution in [-0.4, -0.2) is 20.1 Å². The third-order valence-electron chi connectivity index (χ3n) is 4.04. The zero-order valence-corrected chi connectivity index (χ0v) is 15.8. The molecule has 0 aliphatic carbocycles. The fraction of sp³-hybridized carbons (Fsp3) is 0.316. The number of nitrogens with one attached hydrogen (secondary N) is 1. The van der Waals surface area contributed by atoms with E-state index in [0.717, 1.165) is 16.7 Å². The van der Waals surface area contributed by atoms with Crippen LogP contribution in [0.25, 0.3) is 0 Å². The molecule has 0 aromatic heterocycles. The Kier molecular flexibility index (Phi) is 7.74. The van der Waals surface area contributed by atoms with E-state index in [-0.39, 0.29) is 24.4 Å². The monoisotopic (exact) mass is 364 g/mol. The lowest BCUT2D eigenvalue weighted by Crippen LogP contribution is -2.27. The summed E-state index contributed by atoms with van der Waals surface area (Å²) in [5, 5.41) is 3.01. The highest BCUT2D eigenvalue weighted by atomic mass is 35.5. The lowest BCUT2D eigenvalue weighted by Gasteiger charge is -2.19. The predicted octanol–water partition coefficient (Wildman–Crippen LogP) is 3.38. The highest BCUT2D eigenvalue weighted by Gasteiger charge is 2.16. The molecule has 2 aromatic carbocycles. The second-order valence-electron chi connectivity index (χ2n) is 5.66. The van der Waals surface area contributed by atoms with E-state index in [1.165, 1.54) is 0 Å². The minimum atomic E-state index is -0.161. The van der Waals surface area contributed by atoms with Crippen LogP contribution in [0.3, 0.4) is 0 Å². The second-order valence-corrected chi connectivity index (χ2v) is 5.66. The van der Waals surface area contributed by atoms with Crippen molar-refractivity contribution in [2.45, 2.75) is 26.4 Å². The predicted molar refractivity (Wildman–Crippen MR) is 102 cm³/mol. The Labute approximate surface area is 154 Å². The number of aryl methyl sites for hydroxylation is 1. The third-order valence-corrected chi connectivity index (χ3v) is 4.04. The Hall–Kier alpha value is -2.24. The van der Waals surface area contributed by atoms with Crippen molar-refractivity contribution in [2.24, 2.45) is 5.73 Å². The minimum absolute atomic E-state index is 0. The van der Waals surface area contributed by atoms with E-state index in [4.69, 9.17) is 15.2 Å². The standard InChI is InChI=1S/C19H24N2O3.ClH/c1-12-9-17(23-3)18(24-4)10-16(12)13(2)21-19(22)15-7-5-14(11-20)6-8-15;/h5-10,13H,11,20H2,1-4H3,(H,21,22);1H. The average Bonchev–Trinajstić information content (AvgIpc) is 2.61. The molecule has 5 nitrogen and oxygen atoms in total. The molecule has 2 rings (SSSR count). The van der Waals surface area contributed by atoms with E-state index in [9.17, 15) is 4.79 Å². The summed E-state index contributed by atoms with van der Waals surface area (Å²) in [6.07, 6.45) is 0. The number of carbonyl (C=O) groups excluding carboxylic acids is 1. The van der Waals surface area contributed by atoms with Gasteiger partial charge in [0.25, 0.3) is 5.91 Å². The summed E-state index contributed by atoms with van der Waals surface area (Å²) in [6, 6.07) is 10.9. The van der Waals surface area contributed by atoms with Gasteiger partial charge in [-0.1, -0.05) is 12.1 Å². The largest absolute Gasteiger partial charge is 0.493 e. The van der Waals surface area contributed by atoms with Crippen LogP contribution in [0.2, 0.25) is 0 Å². The molecule has 0 spiro atoms. The number of benzene rings is 2. The first-order chi connectivity index (χ1) is 11.5. The van der Waals surface area contributed by atoms with Crippen LogP contribution in [0.15, 0.2) is 36.4 Å². The number of hydrogen-bond acceptors (Lipinski definition) is 4. The van der Waals surface area contributed by atoms with Crippen molar-refractivity contribution in [1.82, 2.24) is 5.32 Å². The molecule has 0 fully saturated rings. The van der Waals surface area contributed by atoms with E-state index in [0.29, 0.717) is 23.6 Å². The maximum Gasteiger partial charge on any atom is 0.251 e. The normalized spacial score (nSPS) is 11.2. The van der Waals surface area contributed by atoms with Crippen LogP contribution in [0.1, 0.15) is 40.0 Å². The third kappa shape index (κ3) is 4.87. The molecule has 1 amide bonds. The van der Waals surface area contributed by atoms with Gasteiger partial charge in [-0.2, -0.15) is 0 Å². The van der Waals surface area contributed by atoms with E-state index in [2.05, 4.69) is 5.32 Å². The first-order valence-corrected chi connectivity index (χ1v) is 7.82. The first kappa shape index (κ1) is 20.8. The van der Waals surface area contributed by atoms with Crippen molar-refractivity contribution >= 4 is 18.3 Å². The SMILES string of the molecule is COc1cc(C)c(C(C)NC(=O)c2ccc(CN)cc2)cc1OC.Cl.